The zero-order valence-corrected chi connectivity index (χ0v) is 28.5. The molecule has 0 heterocycles. The first-order valence-electron chi connectivity index (χ1n) is 17.1. The Hall–Kier alpha value is -1.47. The molecule has 1 N–H and O–H groups in total. The van der Waals surface area contributed by atoms with E-state index in [9.17, 15) is 19.0 Å². The number of ether oxygens (including phenoxy) is 2. The van der Waals surface area contributed by atoms with E-state index >= 15 is 0 Å². The van der Waals surface area contributed by atoms with Gasteiger partial charge in [0.15, 0.2) is 6.10 Å². The van der Waals surface area contributed by atoms with Crippen molar-refractivity contribution < 1.29 is 37.6 Å². The van der Waals surface area contributed by atoms with E-state index in [1.165, 1.54) is 38.5 Å². The van der Waals surface area contributed by atoms with Crippen molar-refractivity contribution in [1.29, 1.82) is 0 Å². The average molecular weight is 631 g/mol. The third-order valence-electron chi connectivity index (χ3n) is 6.96. The lowest BCUT2D eigenvalue weighted by Gasteiger charge is -2.19. The van der Waals surface area contributed by atoms with E-state index in [1.54, 1.807) is 6.92 Å². The van der Waals surface area contributed by atoms with Crippen LogP contribution in [-0.4, -0.2) is 42.8 Å². The number of esters is 2. The maximum atomic E-state index is 12.4. The monoisotopic (exact) mass is 630 g/mol. The van der Waals surface area contributed by atoms with Crippen LogP contribution in [0.5, 0.6) is 0 Å². The molecule has 9 heteroatoms. The Bertz CT molecular complexity index is 767. The van der Waals surface area contributed by atoms with Gasteiger partial charge in [-0.05, 0) is 64.7 Å². The Kier molecular flexibility index (Phi) is 29.5. The Balaban J connectivity index is 4.23. The van der Waals surface area contributed by atoms with E-state index in [0.29, 0.717) is 6.42 Å². The van der Waals surface area contributed by atoms with Crippen LogP contribution in [0.2, 0.25) is 0 Å². The molecular weight excluding hydrogens is 567 g/mol. The highest BCUT2D eigenvalue weighted by molar-refractivity contribution is 7.47. The van der Waals surface area contributed by atoms with Crippen LogP contribution in [0, 0.1) is 0 Å². The molecule has 0 radical (unpaired) electrons. The quantitative estimate of drug-likeness (QED) is 0.0349. The molecule has 0 aliphatic carbocycles. The number of phosphoric acid groups is 1. The number of carbonyl (C=O) groups is 2. The molecule has 43 heavy (non-hydrogen) atoms. The van der Waals surface area contributed by atoms with E-state index in [2.05, 4.69) is 38.2 Å². The maximum absolute atomic E-state index is 12.4. The Morgan fingerprint density at radius 2 is 1.09 bits per heavy atom. The molecule has 2 atom stereocenters. The normalized spacial score (nSPS) is 13.9. The summed E-state index contributed by atoms with van der Waals surface area (Å²) in [7, 11) is -4.27. The molecular formula is C34H63O8P. The van der Waals surface area contributed by atoms with Gasteiger partial charge in [-0.15, -0.1) is 0 Å². The number of rotatable bonds is 31. The third-order valence-corrected chi connectivity index (χ3v) is 8.02. The minimum atomic E-state index is -4.27. The molecule has 0 amide bonds. The second-order valence-corrected chi connectivity index (χ2v) is 12.6. The molecule has 0 spiro atoms. The first-order chi connectivity index (χ1) is 20.8. The van der Waals surface area contributed by atoms with Gasteiger partial charge in [0.25, 0.3) is 0 Å². The predicted molar refractivity (Wildman–Crippen MR) is 175 cm³/mol. The summed E-state index contributed by atoms with van der Waals surface area (Å²) in [6, 6.07) is 0. The van der Waals surface area contributed by atoms with Crippen molar-refractivity contribution in [1.82, 2.24) is 0 Å². The van der Waals surface area contributed by atoms with Gasteiger partial charge < -0.3 is 14.4 Å². The molecule has 0 fully saturated rings. The van der Waals surface area contributed by atoms with Gasteiger partial charge in [-0.1, -0.05) is 102 Å². The molecule has 0 rings (SSSR count). The molecule has 0 aromatic carbocycles. The highest BCUT2D eigenvalue weighted by atomic mass is 31.2. The Morgan fingerprint density at radius 1 is 0.605 bits per heavy atom. The molecule has 0 bridgehead atoms. The van der Waals surface area contributed by atoms with Crippen LogP contribution in [0.4, 0.5) is 0 Å². The predicted octanol–water partition coefficient (Wildman–Crippen LogP) is 9.94. The van der Waals surface area contributed by atoms with E-state index in [0.717, 1.165) is 77.0 Å². The van der Waals surface area contributed by atoms with E-state index in [-0.39, 0.29) is 32.0 Å². The van der Waals surface area contributed by atoms with Crippen LogP contribution in [-0.2, 0) is 32.7 Å². The Morgan fingerprint density at radius 3 is 1.63 bits per heavy atom. The third kappa shape index (κ3) is 30.3. The Labute approximate surface area is 263 Å². The summed E-state index contributed by atoms with van der Waals surface area (Å²) in [4.78, 5) is 34.4. The first kappa shape index (κ1) is 41.5. The van der Waals surface area contributed by atoms with Crippen molar-refractivity contribution in [3.63, 3.8) is 0 Å². The van der Waals surface area contributed by atoms with Crippen LogP contribution >= 0.6 is 7.82 Å². The van der Waals surface area contributed by atoms with Gasteiger partial charge in [0.2, 0.25) is 0 Å². The van der Waals surface area contributed by atoms with Crippen LogP contribution in [0.1, 0.15) is 156 Å². The molecule has 8 nitrogen and oxygen atoms in total. The topological polar surface area (TPSA) is 108 Å². The standard InChI is InChI=1S/C34H63O8P/c1-4-7-9-11-13-15-17-18-19-21-23-25-27-29-34(36)42-32(31-41-43(37,38)40-6-3)30-39-33(35)28-26-24-22-20-16-14-12-10-8-5-2/h10,12,15,17,32H,4-9,11,13-14,16,18-31H2,1-3H3,(H,37,38)/b12-10-,17-15-. The maximum Gasteiger partial charge on any atom is 0.472 e. The largest absolute Gasteiger partial charge is 0.472 e. The summed E-state index contributed by atoms with van der Waals surface area (Å²) in [5.41, 5.74) is 0. The van der Waals surface area contributed by atoms with E-state index in [1.807, 2.05) is 0 Å². The van der Waals surface area contributed by atoms with Gasteiger partial charge in [-0.25, -0.2) is 4.57 Å². The average Bonchev–Trinajstić information content (AvgIpc) is 2.97. The first-order valence-corrected chi connectivity index (χ1v) is 18.6. The number of carbonyl (C=O) groups excluding carboxylic acids is 2. The highest BCUT2D eigenvalue weighted by Gasteiger charge is 2.25. The molecule has 0 aromatic heterocycles. The van der Waals surface area contributed by atoms with Crippen molar-refractivity contribution in [2.75, 3.05) is 19.8 Å². The van der Waals surface area contributed by atoms with Gasteiger partial charge in [0, 0.05) is 12.8 Å². The molecule has 2 unspecified atom stereocenters. The summed E-state index contributed by atoms with van der Waals surface area (Å²) >= 11 is 0. The van der Waals surface area contributed by atoms with Gasteiger partial charge in [-0.3, -0.25) is 18.6 Å². The molecule has 252 valence electrons. The molecule has 0 saturated heterocycles. The number of allylic oxidation sites excluding steroid dienone is 4. The van der Waals surface area contributed by atoms with Gasteiger partial charge in [0.05, 0.1) is 13.2 Å². The lowest BCUT2D eigenvalue weighted by Crippen LogP contribution is -2.29. The highest BCUT2D eigenvalue weighted by Crippen LogP contribution is 2.43. The van der Waals surface area contributed by atoms with Crippen molar-refractivity contribution in [3.8, 4) is 0 Å². The second kappa shape index (κ2) is 30.6. The number of phosphoric ester groups is 1. The van der Waals surface area contributed by atoms with Gasteiger partial charge >= 0.3 is 19.8 Å². The molecule has 0 aromatic rings. The van der Waals surface area contributed by atoms with Crippen molar-refractivity contribution in [2.24, 2.45) is 0 Å². The van der Waals surface area contributed by atoms with Crippen LogP contribution < -0.4 is 0 Å². The van der Waals surface area contributed by atoms with E-state index < -0.39 is 26.5 Å². The smallest absolute Gasteiger partial charge is 0.462 e. The number of hydrogen-bond acceptors (Lipinski definition) is 7. The van der Waals surface area contributed by atoms with Gasteiger partial charge in [0.1, 0.15) is 6.61 Å². The van der Waals surface area contributed by atoms with Crippen molar-refractivity contribution >= 4 is 19.8 Å². The minimum absolute atomic E-state index is 0.00187. The van der Waals surface area contributed by atoms with Gasteiger partial charge in [-0.2, -0.15) is 0 Å². The summed E-state index contributed by atoms with van der Waals surface area (Å²) in [6.45, 7) is 5.34. The fourth-order valence-corrected chi connectivity index (χ4v) is 5.20. The van der Waals surface area contributed by atoms with Crippen LogP contribution in [0.25, 0.3) is 0 Å². The number of hydrogen-bond donors (Lipinski definition) is 1. The second-order valence-electron chi connectivity index (χ2n) is 11.2. The summed E-state index contributed by atoms with van der Waals surface area (Å²) < 4.78 is 32.4. The lowest BCUT2D eigenvalue weighted by molar-refractivity contribution is -0.161. The molecule has 0 saturated carbocycles. The molecule has 0 aliphatic heterocycles. The fourth-order valence-electron chi connectivity index (χ4n) is 4.45. The lowest BCUT2D eigenvalue weighted by atomic mass is 10.1. The summed E-state index contributed by atoms with van der Waals surface area (Å²) in [5.74, 6) is -0.823. The summed E-state index contributed by atoms with van der Waals surface area (Å²) in [6.07, 6.45) is 29.5. The number of unbranched alkanes of at least 4 members (excludes halogenated alkanes) is 15. The van der Waals surface area contributed by atoms with Crippen LogP contribution in [0.15, 0.2) is 24.3 Å². The zero-order chi connectivity index (χ0) is 31.9. The summed E-state index contributed by atoms with van der Waals surface area (Å²) in [5, 5.41) is 0. The van der Waals surface area contributed by atoms with Crippen molar-refractivity contribution in [3.05, 3.63) is 24.3 Å². The fraction of sp³-hybridized carbons (Fsp3) is 0.824. The SMILES string of the molecule is CCC/C=C\CCCCCCCC(=O)OCC(COP(=O)(O)OCC)OC(=O)CCCCCCC/C=C\CCCCCC. The van der Waals surface area contributed by atoms with E-state index in [4.69, 9.17) is 18.5 Å². The van der Waals surface area contributed by atoms with Crippen LogP contribution in [0.3, 0.4) is 0 Å². The van der Waals surface area contributed by atoms with Crippen molar-refractivity contribution in [2.45, 2.75) is 162 Å². The zero-order valence-electron chi connectivity index (χ0n) is 27.6. The minimum Gasteiger partial charge on any atom is -0.462 e. The molecule has 0 aliphatic rings.